The minimum Gasteiger partial charge on any atom is -0.410 e. The molecule has 12 N–H and O–H groups in total. The second-order valence-electron chi connectivity index (χ2n) is 10.7. The number of rotatable bonds is 17. The monoisotopic (exact) mass is 996 g/mol. The first-order chi connectivity index (χ1) is 25.9. The number of nitrogens with two attached hydrogens (primary N) is 2. The molecule has 2 aromatic carbocycles. The molecule has 0 aliphatic heterocycles. The van der Waals surface area contributed by atoms with E-state index in [4.69, 9.17) is 31.4 Å². The molecule has 2 rings (SSSR count). The van der Waals surface area contributed by atoms with Crippen LogP contribution in [0.15, 0.2) is 55.7 Å². The molecule has 0 aliphatic rings. The summed E-state index contributed by atoms with van der Waals surface area (Å²) in [4.78, 5) is 27.8. The zero-order valence-corrected chi connectivity index (χ0v) is 36.5. The molecule has 0 fully saturated rings. The second-order valence-corrected chi connectivity index (χ2v) is 17.2. The molecule has 22 nitrogen and oxygen atoms in total. The second kappa shape index (κ2) is 26.0. The summed E-state index contributed by atoms with van der Waals surface area (Å²) >= 11 is 6.19. The summed E-state index contributed by atoms with van der Waals surface area (Å²) in [6.07, 6.45) is -0.169. The number of hydrogen-bond acceptors (Lipinski definition) is 16. The molecule has 0 saturated heterocycles. The van der Waals surface area contributed by atoms with E-state index in [2.05, 4.69) is 61.2 Å². The number of nitrogens with one attached hydrogen (secondary N) is 4. The molecule has 0 unspecified atom stereocenters. The lowest BCUT2D eigenvalue weighted by atomic mass is 10.1. The van der Waals surface area contributed by atoms with Crippen LogP contribution in [0, 0.1) is 10.8 Å². The Balaban J connectivity index is 0.00000217. The first-order valence-corrected chi connectivity index (χ1v) is 21.9. The highest BCUT2D eigenvalue weighted by atomic mass is 79.9. The molecule has 0 radical (unpaired) electrons. The van der Waals surface area contributed by atoms with Crippen molar-refractivity contribution in [1.82, 2.24) is 20.4 Å². The van der Waals surface area contributed by atoms with Gasteiger partial charge in [-0.3, -0.25) is 29.5 Å². The Hall–Kier alpha value is -4.06. The van der Waals surface area contributed by atoms with Gasteiger partial charge in [-0.1, -0.05) is 44.0 Å². The van der Waals surface area contributed by atoms with Crippen molar-refractivity contribution in [3.63, 3.8) is 0 Å². The van der Waals surface area contributed by atoms with E-state index in [0.29, 0.717) is 22.6 Å². The van der Waals surface area contributed by atoms with Crippen molar-refractivity contribution in [2.24, 2.45) is 21.8 Å². The zero-order chi connectivity index (χ0) is 43.2. The lowest BCUT2D eigenvalue weighted by molar-refractivity contribution is -0.115. The molecular formula is C28H42Br2N10O12S4. The largest absolute Gasteiger partial charge is 0.446 e. The average Bonchev–Trinajstić information content (AvgIpc) is 3.08. The molecule has 314 valence electrons. The van der Waals surface area contributed by atoms with Crippen LogP contribution in [0.4, 0.5) is 0 Å². The topological polar surface area (TPSA) is 357 Å². The fraction of sp³-hybridized carbons (Fsp3) is 0.357. The van der Waals surface area contributed by atoms with Gasteiger partial charge in [0, 0.05) is 65.6 Å². The Morgan fingerprint density at radius 2 is 1.04 bits per heavy atom. The molecule has 0 aromatic heterocycles. The highest BCUT2D eigenvalue weighted by Gasteiger charge is 2.17. The summed E-state index contributed by atoms with van der Waals surface area (Å²) in [6.45, 7) is 0.468. The zero-order valence-electron chi connectivity index (χ0n) is 30.1. The maximum atomic E-state index is 12.4. The molecule has 0 bridgehead atoms. The lowest BCUT2D eigenvalue weighted by Gasteiger charge is -2.09. The number of oxime groups is 2. The van der Waals surface area contributed by atoms with Crippen molar-refractivity contribution < 1.29 is 54.3 Å². The van der Waals surface area contributed by atoms with E-state index in [9.17, 15) is 36.8 Å². The summed E-state index contributed by atoms with van der Waals surface area (Å²) in [7, 11) is 0.270. The molecule has 28 heteroatoms. The van der Waals surface area contributed by atoms with Gasteiger partial charge in [-0.25, -0.2) is 0 Å². The number of halogens is 2. The van der Waals surface area contributed by atoms with Gasteiger partial charge in [-0.2, -0.15) is 16.8 Å². The number of amides is 2. The van der Waals surface area contributed by atoms with Crippen molar-refractivity contribution in [2.75, 3.05) is 52.8 Å². The minimum atomic E-state index is -4.72. The molecule has 2 amide bonds. The van der Waals surface area contributed by atoms with Crippen molar-refractivity contribution >= 4 is 109 Å². The van der Waals surface area contributed by atoms with Crippen LogP contribution in [-0.2, 0) is 43.2 Å². The van der Waals surface area contributed by atoms with Crippen LogP contribution in [0.2, 0.25) is 0 Å². The summed E-state index contributed by atoms with van der Waals surface area (Å²) in [5, 5.41) is 43.1. The Kier molecular flexibility index (Phi) is 24.1. The number of nitrogens with zero attached hydrogens (tertiary/aromatic N) is 4. The fourth-order valence-corrected chi connectivity index (χ4v) is 6.90. The quantitative estimate of drug-likeness (QED) is 0.0204. The van der Waals surface area contributed by atoms with Gasteiger partial charge in [0.05, 0.1) is 8.95 Å². The molecular weight excluding hydrogens is 956 g/mol. The standard InChI is InChI=1S/C22H24Br2N4O12S4.2C3H9N3/c23-15-9-13(1-3-19(15)39-43(33,34)35)11-17(27-31)21(29)25-5-7-41-42-8-6-26-22(30)18(28-32)12-14-2-4-20(16(24)10-14)40-44(36,37)38;2*1-6(2)3(4)5/h1-4,9-10,31-32H,5-8,11-12H2,(H,25,29)(H,26,30)(H,33,34,35)(H,36,37,38);2*1-2H3,(H3,4,5)/b27-17+,28-18+;;. The van der Waals surface area contributed by atoms with Crippen LogP contribution < -0.4 is 30.5 Å². The number of carbonyl (C=O) groups excluding carboxylic acids is 2. The van der Waals surface area contributed by atoms with Gasteiger partial charge in [0.15, 0.2) is 23.4 Å². The van der Waals surface area contributed by atoms with Crippen LogP contribution in [0.5, 0.6) is 11.5 Å². The normalized spacial score (nSPS) is 11.4. The SMILES string of the molecule is CN(C)C(=N)N.CN(C)C(=N)N.O=C(NCCSSCCNC(=O)/C(Cc1ccc(OS(=O)(=O)O)c(Br)c1)=N/O)/C(Cc1ccc(OS(=O)(=O)O)c(Br)c1)=N/O. The Morgan fingerprint density at radius 3 is 1.27 bits per heavy atom. The van der Waals surface area contributed by atoms with Gasteiger partial charge in [-0.05, 0) is 67.3 Å². The van der Waals surface area contributed by atoms with Crippen molar-refractivity contribution in [1.29, 1.82) is 10.8 Å². The minimum absolute atomic E-state index is 0.0845. The van der Waals surface area contributed by atoms with E-state index in [1.165, 1.54) is 67.8 Å². The fourth-order valence-electron chi connectivity index (χ4n) is 3.11. The molecule has 2 aromatic rings. The molecule has 0 spiro atoms. The molecule has 0 saturated carbocycles. The van der Waals surface area contributed by atoms with Gasteiger partial charge < -0.3 is 50.7 Å². The van der Waals surface area contributed by atoms with E-state index in [1.807, 2.05) is 0 Å². The highest BCUT2D eigenvalue weighted by molar-refractivity contribution is 9.11. The Labute approximate surface area is 348 Å². The summed E-state index contributed by atoms with van der Waals surface area (Å²) < 4.78 is 70.2. The number of benzene rings is 2. The molecule has 0 atom stereocenters. The molecule has 0 aliphatic carbocycles. The van der Waals surface area contributed by atoms with Gasteiger partial charge in [0.1, 0.15) is 11.4 Å². The van der Waals surface area contributed by atoms with E-state index < -0.39 is 32.6 Å². The van der Waals surface area contributed by atoms with Crippen LogP contribution in [0.1, 0.15) is 11.1 Å². The predicted molar refractivity (Wildman–Crippen MR) is 221 cm³/mol. The predicted octanol–water partition coefficient (Wildman–Crippen LogP) is 1.52. The van der Waals surface area contributed by atoms with E-state index in [1.54, 1.807) is 28.2 Å². The summed E-state index contributed by atoms with van der Waals surface area (Å²) in [6, 6.07) is 8.21. The maximum absolute atomic E-state index is 12.4. The van der Waals surface area contributed by atoms with Crippen molar-refractivity contribution in [2.45, 2.75) is 12.8 Å². The first-order valence-electron chi connectivity index (χ1n) is 15.1. The van der Waals surface area contributed by atoms with Gasteiger partial charge in [0.2, 0.25) is 0 Å². The van der Waals surface area contributed by atoms with E-state index >= 15 is 0 Å². The maximum Gasteiger partial charge on any atom is 0.446 e. The Morgan fingerprint density at radius 1 is 0.732 bits per heavy atom. The third-order valence-electron chi connectivity index (χ3n) is 5.88. The van der Waals surface area contributed by atoms with Gasteiger partial charge in [0.25, 0.3) is 11.8 Å². The number of carbonyl (C=O) groups is 2. The van der Waals surface area contributed by atoms with Crippen LogP contribution in [-0.4, -0.2) is 134 Å². The van der Waals surface area contributed by atoms with Crippen LogP contribution >= 0.6 is 53.4 Å². The van der Waals surface area contributed by atoms with E-state index in [-0.39, 0.29) is 69.7 Å². The lowest BCUT2D eigenvalue weighted by Crippen LogP contribution is -2.34. The van der Waals surface area contributed by atoms with Crippen LogP contribution in [0.25, 0.3) is 0 Å². The summed E-state index contributed by atoms with van der Waals surface area (Å²) in [5.74, 6) is -0.451. The smallest absolute Gasteiger partial charge is 0.410 e. The number of guanidine groups is 2. The summed E-state index contributed by atoms with van der Waals surface area (Å²) in [5.41, 5.74) is 10.5. The van der Waals surface area contributed by atoms with E-state index in [0.717, 1.165) is 0 Å². The van der Waals surface area contributed by atoms with Crippen molar-refractivity contribution in [3.8, 4) is 11.5 Å². The van der Waals surface area contributed by atoms with Gasteiger partial charge >= 0.3 is 20.8 Å². The third-order valence-corrected chi connectivity index (χ3v) is 10.3. The number of hydrogen-bond donors (Lipinski definition) is 10. The Bertz CT molecular complexity index is 1800. The first kappa shape index (κ1) is 51.9. The average molecular weight is 999 g/mol. The van der Waals surface area contributed by atoms with Crippen molar-refractivity contribution in [3.05, 3.63) is 56.5 Å². The highest BCUT2D eigenvalue weighted by Crippen LogP contribution is 2.28. The molecule has 56 heavy (non-hydrogen) atoms. The third kappa shape index (κ3) is 23.8. The molecule has 0 heterocycles. The van der Waals surface area contributed by atoms with Gasteiger partial charge in [-0.15, -0.1) is 0 Å². The van der Waals surface area contributed by atoms with Crippen LogP contribution in [0.3, 0.4) is 0 Å².